The number of rotatable bonds is 4. The van der Waals surface area contributed by atoms with E-state index in [4.69, 9.17) is 11.6 Å². The van der Waals surface area contributed by atoms with Crippen molar-refractivity contribution in [3.8, 4) is 0 Å². The molecule has 1 amide bonds. The van der Waals surface area contributed by atoms with Crippen LogP contribution < -0.4 is 5.32 Å². The number of nitrogens with zero attached hydrogens (tertiary/aromatic N) is 1. The second-order valence-corrected chi connectivity index (χ2v) is 8.48. The molecule has 2 unspecified atom stereocenters. The third-order valence-electron chi connectivity index (χ3n) is 4.52. The van der Waals surface area contributed by atoms with E-state index in [1.807, 2.05) is 53.9 Å². The van der Waals surface area contributed by atoms with Crippen molar-refractivity contribution in [2.24, 2.45) is 0 Å². The molecule has 7 heteroatoms. The third-order valence-corrected chi connectivity index (χ3v) is 6.87. The minimum absolute atomic E-state index is 0.138. The molecule has 27 heavy (non-hydrogen) atoms. The lowest BCUT2D eigenvalue weighted by atomic mass is 9.79. The van der Waals surface area contributed by atoms with Crippen LogP contribution in [0.4, 0.5) is 0 Å². The second kappa shape index (κ2) is 7.46. The summed E-state index contributed by atoms with van der Waals surface area (Å²) in [6.07, 6.45) is 0.147. The molecule has 1 saturated heterocycles. The summed E-state index contributed by atoms with van der Waals surface area (Å²) in [5, 5.41) is 4.66. The topological polar surface area (TPSA) is 59.1 Å². The zero-order valence-electron chi connectivity index (χ0n) is 14.1. The van der Waals surface area contributed by atoms with Crippen LogP contribution >= 0.6 is 34.7 Å². The van der Waals surface area contributed by atoms with Crippen molar-refractivity contribution in [1.29, 1.82) is 0 Å². The number of carbonyl (C=O) groups is 2. The Bertz CT molecular complexity index is 959. The predicted octanol–water partition coefficient (Wildman–Crippen LogP) is 4.29. The second-order valence-electron chi connectivity index (χ2n) is 6.21. The normalized spacial score (nSPS) is 22.5. The van der Waals surface area contributed by atoms with Gasteiger partial charge in [-0.15, -0.1) is 23.1 Å². The molecule has 2 atom stereocenters. The average molecular weight is 415 g/mol. The van der Waals surface area contributed by atoms with E-state index in [9.17, 15) is 9.59 Å². The Morgan fingerprint density at radius 2 is 1.85 bits per heavy atom. The van der Waals surface area contributed by atoms with Gasteiger partial charge in [-0.2, -0.15) is 0 Å². The van der Waals surface area contributed by atoms with Crippen molar-refractivity contribution < 1.29 is 9.59 Å². The smallest absolute Gasteiger partial charge is 0.242 e. The third kappa shape index (κ3) is 3.40. The largest absolute Gasteiger partial charge is 0.339 e. The fourth-order valence-corrected chi connectivity index (χ4v) is 5.10. The van der Waals surface area contributed by atoms with E-state index in [1.165, 1.54) is 23.1 Å². The van der Waals surface area contributed by atoms with Crippen LogP contribution in [0.15, 0.2) is 70.4 Å². The van der Waals surface area contributed by atoms with Gasteiger partial charge in [-0.25, -0.2) is 4.98 Å². The highest BCUT2D eigenvalue weighted by Crippen LogP contribution is 2.40. The number of halogens is 1. The number of piperidine rings is 1. The van der Waals surface area contributed by atoms with E-state index in [0.29, 0.717) is 15.6 Å². The van der Waals surface area contributed by atoms with Crippen LogP contribution in [0.5, 0.6) is 0 Å². The molecular formula is C20H15ClN2O2S2. The van der Waals surface area contributed by atoms with E-state index in [0.717, 1.165) is 5.56 Å². The maximum atomic E-state index is 13.1. The van der Waals surface area contributed by atoms with Gasteiger partial charge in [-0.05, 0) is 17.7 Å². The molecule has 0 radical (unpaired) electrons. The summed E-state index contributed by atoms with van der Waals surface area (Å²) >= 11 is 8.83. The molecule has 3 aromatic rings. The minimum atomic E-state index is -0.938. The SMILES string of the molecule is O=C1CC(c2ccccc2)(c2cscn2)NC(=O)C1Sc1ccccc1Cl. The highest BCUT2D eigenvalue weighted by molar-refractivity contribution is 8.01. The molecular weight excluding hydrogens is 400 g/mol. The van der Waals surface area contributed by atoms with Crippen molar-refractivity contribution >= 4 is 46.4 Å². The standard InChI is InChI=1S/C20H15ClN2O2S2/c21-14-8-4-5-9-16(14)27-18-15(24)10-20(23-19(18)25,17-11-26-12-22-17)13-6-2-1-3-7-13/h1-9,11-12,18H,10H2,(H,23,25). The number of amides is 1. The van der Waals surface area contributed by atoms with Crippen LogP contribution in [0.25, 0.3) is 0 Å². The van der Waals surface area contributed by atoms with Crippen molar-refractivity contribution in [3.63, 3.8) is 0 Å². The first-order chi connectivity index (χ1) is 13.1. The van der Waals surface area contributed by atoms with Crippen molar-refractivity contribution in [3.05, 3.63) is 81.8 Å². The highest BCUT2D eigenvalue weighted by Gasteiger charge is 2.48. The fraction of sp³-hybridized carbons (Fsp3) is 0.150. The summed E-state index contributed by atoms with van der Waals surface area (Å²) < 4.78 is 0. The van der Waals surface area contributed by atoms with E-state index >= 15 is 0 Å². The van der Waals surface area contributed by atoms with Gasteiger partial charge in [0.2, 0.25) is 5.91 Å². The van der Waals surface area contributed by atoms with Gasteiger partial charge in [0.1, 0.15) is 10.8 Å². The number of ketones is 1. The Balaban J connectivity index is 1.69. The minimum Gasteiger partial charge on any atom is -0.339 e. The molecule has 2 aromatic carbocycles. The number of nitrogens with one attached hydrogen (secondary N) is 1. The number of carbonyl (C=O) groups excluding carboxylic acids is 2. The molecule has 0 bridgehead atoms. The Hall–Kier alpha value is -2.15. The zero-order chi connectivity index (χ0) is 18.9. The predicted molar refractivity (Wildman–Crippen MR) is 108 cm³/mol. The molecule has 0 aliphatic carbocycles. The molecule has 0 saturated carbocycles. The molecule has 1 aliphatic rings. The fourth-order valence-electron chi connectivity index (χ4n) is 3.23. The van der Waals surface area contributed by atoms with Crippen LogP contribution in [-0.4, -0.2) is 21.9 Å². The van der Waals surface area contributed by atoms with Gasteiger partial charge in [0, 0.05) is 16.7 Å². The van der Waals surface area contributed by atoms with E-state index in [2.05, 4.69) is 10.3 Å². The Kier molecular flexibility index (Phi) is 5.04. The monoisotopic (exact) mass is 414 g/mol. The summed E-state index contributed by atoms with van der Waals surface area (Å²) in [7, 11) is 0. The zero-order valence-corrected chi connectivity index (χ0v) is 16.5. The van der Waals surface area contributed by atoms with Crippen LogP contribution in [-0.2, 0) is 15.1 Å². The molecule has 4 nitrogen and oxygen atoms in total. The maximum absolute atomic E-state index is 13.1. The lowest BCUT2D eigenvalue weighted by molar-refractivity contribution is -0.133. The van der Waals surface area contributed by atoms with Crippen molar-refractivity contribution in [1.82, 2.24) is 10.3 Å². The Morgan fingerprint density at radius 3 is 2.52 bits per heavy atom. The van der Waals surface area contributed by atoms with Crippen LogP contribution in [0, 0.1) is 0 Å². The van der Waals surface area contributed by atoms with E-state index in [1.54, 1.807) is 11.6 Å². The number of Topliss-reactive ketones (excluding diaryl/α,β-unsaturated/α-hetero) is 1. The number of aromatic nitrogens is 1. The molecule has 0 spiro atoms. The summed E-state index contributed by atoms with van der Waals surface area (Å²) in [6.45, 7) is 0. The summed E-state index contributed by atoms with van der Waals surface area (Å²) in [6, 6.07) is 16.7. The number of thioether (sulfide) groups is 1. The maximum Gasteiger partial charge on any atom is 0.242 e. The van der Waals surface area contributed by atoms with Gasteiger partial charge >= 0.3 is 0 Å². The quantitative estimate of drug-likeness (QED) is 0.647. The average Bonchev–Trinajstić information content (AvgIpc) is 3.22. The number of thiazole rings is 1. The molecule has 4 rings (SSSR count). The lowest BCUT2D eigenvalue weighted by Gasteiger charge is -2.39. The van der Waals surface area contributed by atoms with Gasteiger partial charge in [-0.1, -0.05) is 54.1 Å². The summed E-state index contributed by atoms with van der Waals surface area (Å²) in [5.74, 6) is -0.464. The van der Waals surface area contributed by atoms with Gasteiger partial charge in [0.15, 0.2) is 5.78 Å². The van der Waals surface area contributed by atoms with Gasteiger partial charge in [-0.3, -0.25) is 9.59 Å². The lowest BCUT2D eigenvalue weighted by Crippen LogP contribution is -2.58. The first-order valence-corrected chi connectivity index (χ1v) is 10.5. The first-order valence-electron chi connectivity index (χ1n) is 8.30. The number of hydrogen-bond donors (Lipinski definition) is 1. The van der Waals surface area contributed by atoms with Crippen LogP contribution in [0.2, 0.25) is 5.02 Å². The molecule has 1 aromatic heterocycles. The summed E-state index contributed by atoms with van der Waals surface area (Å²) in [5.41, 5.74) is 2.30. The van der Waals surface area contributed by atoms with Gasteiger partial charge in [0.25, 0.3) is 0 Å². The van der Waals surface area contributed by atoms with E-state index < -0.39 is 10.8 Å². The van der Waals surface area contributed by atoms with Gasteiger partial charge in [0.05, 0.1) is 16.2 Å². The molecule has 2 heterocycles. The molecule has 1 aliphatic heterocycles. The van der Waals surface area contributed by atoms with Crippen molar-refractivity contribution in [2.45, 2.75) is 22.1 Å². The number of benzene rings is 2. The molecule has 136 valence electrons. The van der Waals surface area contributed by atoms with Crippen LogP contribution in [0.1, 0.15) is 17.7 Å². The molecule has 1 N–H and O–H groups in total. The highest BCUT2D eigenvalue weighted by atomic mass is 35.5. The van der Waals surface area contributed by atoms with Gasteiger partial charge < -0.3 is 5.32 Å². The van der Waals surface area contributed by atoms with Crippen LogP contribution in [0.3, 0.4) is 0 Å². The Morgan fingerprint density at radius 1 is 1.11 bits per heavy atom. The van der Waals surface area contributed by atoms with Crippen molar-refractivity contribution in [2.75, 3.05) is 0 Å². The first kappa shape index (κ1) is 18.2. The molecule has 1 fully saturated rings. The Labute approximate surface area is 170 Å². The number of hydrogen-bond acceptors (Lipinski definition) is 5. The summed E-state index contributed by atoms with van der Waals surface area (Å²) in [4.78, 5) is 31.2. The van der Waals surface area contributed by atoms with E-state index in [-0.39, 0.29) is 18.1 Å².